The van der Waals surface area contributed by atoms with E-state index >= 15 is 0 Å². The maximum Gasteiger partial charge on any atom is 0.339 e. The van der Waals surface area contributed by atoms with Gasteiger partial charge in [-0.25, -0.2) is 9.78 Å². The van der Waals surface area contributed by atoms with E-state index in [1.807, 2.05) is 13.2 Å². The van der Waals surface area contributed by atoms with Gasteiger partial charge in [0.25, 0.3) is 0 Å². The normalized spacial score (nSPS) is 15.2. The minimum absolute atomic E-state index is 0.213. The van der Waals surface area contributed by atoms with E-state index in [2.05, 4.69) is 10.3 Å². The van der Waals surface area contributed by atoms with E-state index in [9.17, 15) is 9.90 Å². The fourth-order valence-corrected chi connectivity index (χ4v) is 2.85. The molecule has 0 bridgehead atoms. The lowest BCUT2D eigenvalue weighted by atomic mass is 10.1. The molecule has 0 fully saturated rings. The zero-order chi connectivity index (χ0) is 13.1. The Morgan fingerprint density at radius 3 is 3.06 bits per heavy atom. The van der Waals surface area contributed by atoms with Gasteiger partial charge in [-0.05, 0) is 44.1 Å². The summed E-state index contributed by atoms with van der Waals surface area (Å²) >= 11 is 1.73. The quantitative estimate of drug-likeness (QED) is 0.857. The van der Waals surface area contributed by atoms with Gasteiger partial charge in [0.05, 0.1) is 0 Å². The average molecular weight is 266 g/mol. The van der Waals surface area contributed by atoms with E-state index in [4.69, 9.17) is 0 Å². The third-order valence-electron chi connectivity index (χ3n) is 3.08. The number of nitrogens with one attached hydrogen (secondary N) is 1. The van der Waals surface area contributed by atoms with Crippen LogP contribution in [0.4, 0.5) is 5.82 Å². The van der Waals surface area contributed by atoms with E-state index in [0.717, 1.165) is 36.3 Å². The number of carboxylic acid groups (broad SMARTS) is 1. The van der Waals surface area contributed by atoms with Crippen molar-refractivity contribution in [3.05, 3.63) is 22.9 Å². The molecule has 0 amide bonds. The molecule has 1 unspecified atom stereocenters. The summed E-state index contributed by atoms with van der Waals surface area (Å²) in [5, 5.41) is 12.5. The third kappa shape index (κ3) is 2.77. The molecule has 1 aromatic heterocycles. The first kappa shape index (κ1) is 13.2. The van der Waals surface area contributed by atoms with E-state index in [-0.39, 0.29) is 6.04 Å². The number of hydrogen-bond acceptors (Lipinski definition) is 4. The molecule has 0 aliphatic heterocycles. The van der Waals surface area contributed by atoms with Crippen LogP contribution in [0.25, 0.3) is 0 Å². The van der Waals surface area contributed by atoms with Crippen LogP contribution in [0.1, 0.15) is 35.0 Å². The van der Waals surface area contributed by atoms with Gasteiger partial charge in [0.2, 0.25) is 0 Å². The lowest BCUT2D eigenvalue weighted by Gasteiger charge is -2.16. The number of pyridine rings is 1. The standard InChI is InChI=1S/C13H18N2O2S/c1-8(7-18-2)14-12-10(13(16)17)6-9-4-3-5-11(9)15-12/h6,8H,3-5,7H2,1-2H3,(H,14,15)(H,16,17). The molecule has 2 N–H and O–H groups in total. The minimum Gasteiger partial charge on any atom is -0.478 e. The van der Waals surface area contributed by atoms with Crippen molar-refractivity contribution in [2.24, 2.45) is 0 Å². The van der Waals surface area contributed by atoms with E-state index < -0.39 is 5.97 Å². The summed E-state index contributed by atoms with van der Waals surface area (Å²) in [6.07, 6.45) is 5.02. The second-order valence-corrected chi connectivity index (χ2v) is 5.56. The van der Waals surface area contributed by atoms with Crippen molar-refractivity contribution in [1.29, 1.82) is 0 Å². The Kier molecular flexibility index (Phi) is 4.11. The van der Waals surface area contributed by atoms with Gasteiger partial charge >= 0.3 is 5.97 Å². The Balaban J connectivity index is 2.29. The lowest BCUT2D eigenvalue weighted by Crippen LogP contribution is -2.21. The van der Waals surface area contributed by atoms with Crippen LogP contribution in [0.15, 0.2) is 6.07 Å². The van der Waals surface area contributed by atoms with Gasteiger partial charge in [-0.2, -0.15) is 11.8 Å². The van der Waals surface area contributed by atoms with Crippen molar-refractivity contribution in [1.82, 2.24) is 4.98 Å². The van der Waals surface area contributed by atoms with Crippen LogP contribution >= 0.6 is 11.8 Å². The largest absolute Gasteiger partial charge is 0.478 e. The van der Waals surface area contributed by atoms with Crippen molar-refractivity contribution in [3.63, 3.8) is 0 Å². The molecule has 1 aliphatic rings. The number of aryl methyl sites for hydroxylation is 2. The monoisotopic (exact) mass is 266 g/mol. The summed E-state index contributed by atoms with van der Waals surface area (Å²) < 4.78 is 0. The molecule has 98 valence electrons. The molecule has 18 heavy (non-hydrogen) atoms. The Morgan fingerprint density at radius 1 is 1.61 bits per heavy atom. The highest BCUT2D eigenvalue weighted by molar-refractivity contribution is 7.98. The van der Waals surface area contributed by atoms with Crippen LogP contribution in [0.2, 0.25) is 0 Å². The van der Waals surface area contributed by atoms with Crippen LogP contribution in [-0.4, -0.2) is 34.1 Å². The topological polar surface area (TPSA) is 62.2 Å². The molecule has 1 aliphatic carbocycles. The number of hydrogen-bond donors (Lipinski definition) is 2. The van der Waals surface area contributed by atoms with Crippen molar-refractivity contribution in [2.45, 2.75) is 32.2 Å². The molecule has 0 aromatic carbocycles. The number of anilines is 1. The second kappa shape index (κ2) is 5.61. The van der Waals surface area contributed by atoms with Gasteiger partial charge in [-0.3, -0.25) is 0 Å². The van der Waals surface area contributed by atoms with E-state index in [1.54, 1.807) is 17.8 Å². The summed E-state index contributed by atoms with van der Waals surface area (Å²) in [5.41, 5.74) is 2.44. The maximum absolute atomic E-state index is 11.3. The fourth-order valence-electron chi connectivity index (χ4n) is 2.27. The molecule has 5 heteroatoms. The molecule has 0 spiro atoms. The summed E-state index contributed by atoms with van der Waals surface area (Å²) in [4.78, 5) is 15.8. The van der Waals surface area contributed by atoms with Crippen LogP contribution in [0, 0.1) is 0 Å². The summed E-state index contributed by atoms with van der Waals surface area (Å²) in [7, 11) is 0. The Morgan fingerprint density at radius 2 is 2.39 bits per heavy atom. The van der Waals surface area contributed by atoms with Gasteiger partial charge in [0.1, 0.15) is 11.4 Å². The van der Waals surface area contributed by atoms with E-state index in [1.165, 1.54) is 0 Å². The molecule has 0 saturated heterocycles. The number of aromatic carboxylic acids is 1. The highest BCUT2D eigenvalue weighted by Crippen LogP contribution is 2.25. The second-order valence-electron chi connectivity index (χ2n) is 4.65. The summed E-state index contributed by atoms with van der Waals surface area (Å²) in [6.45, 7) is 2.04. The zero-order valence-electron chi connectivity index (χ0n) is 10.7. The Bertz CT molecular complexity index is 463. The Hall–Kier alpha value is -1.23. The summed E-state index contributed by atoms with van der Waals surface area (Å²) in [5.74, 6) is 0.540. The fraction of sp³-hybridized carbons (Fsp3) is 0.538. The van der Waals surface area contributed by atoms with Crippen molar-refractivity contribution >= 4 is 23.5 Å². The molecular weight excluding hydrogens is 248 g/mol. The van der Waals surface area contributed by atoms with Gasteiger partial charge in [0.15, 0.2) is 0 Å². The molecule has 1 heterocycles. The predicted molar refractivity (Wildman–Crippen MR) is 74.7 cm³/mol. The molecule has 0 radical (unpaired) electrons. The van der Waals surface area contributed by atoms with Gasteiger partial charge in [-0.15, -0.1) is 0 Å². The first-order valence-corrected chi connectivity index (χ1v) is 7.52. The molecule has 1 aromatic rings. The van der Waals surface area contributed by atoms with Crippen molar-refractivity contribution in [2.75, 3.05) is 17.3 Å². The third-order valence-corrected chi connectivity index (χ3v) is 3.91. The molecule has 0 saturated carbocycles. The van der Waals surface area contributed by atoms with Crippen molar-refractivity contribution in [3.8, 4) is 0 Å². The summed E-state index contributed by atoms with van der Waals surface area (Å²) in [6, 6.07) is 2.00. The first-order chi connectivity index (χ1) is 8.61. The van der Waals surface area contributed by atoms with E-state index in [0.29, 0.717) is 11.4 Å². The molecule has 2 rings (SSSR count). The molecular formula is C13H18N2O2S. The zero-order valence-corrected chi connectivity index (χ0v) is 11.5. The smallest absolute Gasteiger partial charge is 0.339 e. The SMILES string of the molecule is CSCC(C)Nc1nc2c(cc1C(=O)O)CCC2. The Labute approximate surface area is 111 Å². The number of carboxylic acids is 1. The van der Waals surface area contributed by atoms with Gasteiger partial charge in [-0.1, -0.05) is 0 Å². The highest BCUT2D eigenvalue weighted by atomic mass is 32.2. The van der Waals surface area contributed by atoms with Crippen molar-refractivity contribution < 1.29 is 9.90 Å². The van der Waals surface area contributed by atoms with Crippen LogP contribution in [-0.2, 0) is 12.8 Å². The minimum atomic E-state index is -0.906. The average Bonchev–Trinajstić information content (AvgIpc) is 2.74. The number of aromatic nitrogens is 1. The molecule has 1 atom stereocenters. The number of nitrogens with zero attached hydrogens (tertiary/aromatic N) is 1. The number of thioether (sulfide) groups is 1. The highest BCUT2D eigenvalue weighted by Gasteiger charge is 2.20. The number of carbonyl (C=O) groups is 1. The maximum atomic E-state index is 11.3. The first-order valence-electron chi connectivity index (χ1n) is 6.13. The van der Waals surface area contributed by atoms with Crippen LogP contribution in [0.5, 0.6) is 0 Å². The number of rotatable bonds is 5. The predicted octanol–water partition coefficient (Wildman–Crippen LogP) is 2.43. The lowest BCUT2D eigenvalue weighted by molar-refractivity contribution is 0.0697. The van der Waals surface area contributed by atoms with Crippen LogP contribution in [0.3, 0.4) is 0 Å². The molecule has 4 nitrogen and oxygen atoms in total. The van der Waals surface area contributed by atoms with Crippen LogP contribution < -0.4 is 5.32 Å². The van der Waals surface area contributed by atoms with Gasteiger partial charge < -0.3 is 10.4 Å². The van der Waals surface area contributed by atoms with Gasteiger partial charge in [0, 0.05) is 17.5 Å². The number of fused-ring (bicyclic) bond motifs is 1.